The van der Waals surface area contributed by atoms with Gasteiger partial charge in [-0.15, -0.1) is 0 Å². The first-order chi connectivity index (χ1) is 17.5. The van der Waals surface area contributed by atoms with Crippen molar-refractivity contribution >= 4 is 5.97 Å². The van der Waals surface area contributed by atoms with Crippen LogP contribution in [-0.2, 0) is 16.0 Å². The van der Waals surface area contributed by atoms with Gasteiger partial charge in [0.25, 0.3) is 0 Å². The molecule has 1 N–H and O–H groups in total. The molecule has 0 bridgehead atoms. The van der Waals surface area contributed by atoms with Crippen molar-refractivity contribution < 1.29 is 19.0 Å². The molecule has 1 aliphatic heterocycles. The van der Waals surface area contributed by atoms with E-state index in [9.17, 15) is 4.79 Å². The normalized spacial score (nSPS) is 33.4. The molecule has 3 fully saturated rings. The molecular formula is C31H47NO4. The molecular weight excluding hydrogens is 450 g/mol. The number of carbonyl (C=O) groups excluding carboxylic acids is 1. The average Bonchev–Trinajstić information content (AvgIpc) is 3.26. The maximum atomic E-state index is 12.0. The second-order valence-corrected chi connectivity index (χ2v) is 12.3. The zero-order valence-electron chi connectivity index (χ0n) is 22.8. The number of carbonyl (C=O) groups is 1. The number of rotatable bonds is 9. The van der Waals surface area contributed by atoms with Crippen LogP contribution < -0.4 is 14.8 Å². The Hall–Kier alpha value is -1.59. The smallest absolute Gasteiger partial charge is 0.308 e. The summed E-state index contributed by atoms with van der Waals surface area (Å²) in [6.45, 7) is 5.91. The van der Waals surface area contributed by atoms with E-state index in [0.29, 0.717) is 22.8 Å². The van der Waals surface area contributed by atoms with Crippen LogP contribution in [0.25, 0.3) is 0 Å². The third-order valence-electron chi connectivity index (χ3n) is 9.90. The molecule has 1 unspecified atom stereocenters. The summed E-state index contributed by atoms with van der Waals surface area (Å²) < 4.78 is 17.9. The van der Waals surface area contributed by atoms with Gasteiger partial charge in [0.1, 0.15) is 0 Å². The summed E-state index contributed by atoms with van der Waals surface area (Å²) in [4.78, 5) is 12.0. The van der Waals surface area contributed by atoms with Crippen LogP contribution in [0, 0.1) is 23.2 Å². The number of nitrogens with one attached hydrogen (secondary N) is 1. The molecule has 1 heterocycles. The molecule has 6 atom stereocenters. The predicted octanol–water partition coefficient (Wildman–Crippen LogP) is 6.77. The molecule has 1 saturated heterocycles. The number of benzene rings is 1. The van der Waals surface area contributed by atoms with Gasteiger partial charge < -0.3 is 19.5 Å². The monoisotopic (exact) mass is 497 g/mol. The van der Waals surface area contributed by atoms with Gasteiger partial charge in [-0.05, 0) is 124 Å². The molecule has 5 rings (SSSR count). The lowest BCUT2D eigenvalue weighted by Gasteiger charge is -2.52. The zero-order chi connectivity index (χ0) is 25.1. The Balaban J connectivity index is 1.45. The van der Waals surface area contributed by atoms with Gasteiger partial charge in [-0.2, -0.15) is 0 Å². The minimum atomic E-state index is -0.289. The second kappa shape index (κ2) is 11.4. The molecule has 0 aromatic heterocycles. The van der Waals surface area contributed by atoms with Gasteiger partial charge in [0, 0.05) is 13.3 Å². The van der Waals surface area contributed by atoms with E-state index in [4.69, 9.17) is 14.2 Å². The largest absolute Gasteiger partial charge is 0.461 e. The van der Waals surface area contributed by atoms with Crippen LogP contribution in [0.15, 0.2) is 12.1 Å². The van der Waals surface area contributed by atoms with E-state index in [1.807, 2.05) is 7.05 Å². The lowest BCUT2D eigenvalue weighted by Crippen LogP contribution is -2.44. The summed E-state index contributed by atoms with van der Waals surface area (Å²) in [5, 5.41) is 3.30. The molecule has 1 aromatic carbocycles. The number of unbranched alkanes of at least 4 members (excludes halogenated alkanes) is 2. The van der Waals surface area contributed by atoms with Gasteiger partial charge in [0.15, 0.2) is 17.8 Å². The third kappa shape index (κ3) is 5.48. The van der Waals surface area contributed by atoms with Crippen LogP contribution in [-0.4, -0.2) is 32.5 Å². The highest BCUT2D eigenvalue weighted by molar-refractivity contribution is 5.71. The SMILES string of the molecule is CNCCCCC[C@@H]1Cc2cc(OC3CCCCO3)c(OC(C)=O)cc2[C@H]2CC[C@]3(C)CCC[C@H]3[C@H]12. The average molecular weight is 498 g/mol. The van der Waals surface area contributed by atoms with E-state index in [0.717, 1.165) is 56.6 Å². The number of esters is 1. The van der Waals surface area contributed by atoms with Crippen molar-refractivity contribution in [1.82, 2.24) is 5.32 Å². The van der Waals surface area contributed by atoms with Crippen LogP contribution in [0.5, 0.6) is 11.5 Å². The standard InChI is InChI=1S/C31H47NO4/c1-21(33)35-28-20-25-23(19-27(28)36-29-12-6-8-17-34-29)18-22(10-5-4-7-16-32-3)30-24(25)13-15-31(2)14-9-11-26(30)31/h19-20,22,24,26,29-30,32H,4-18H2,1-3H3/t22-,24-,26+,29?,30-,31+/m1/s1. The van der Waals surface area contributed by atoms with Crippen molar-refractivity contribution in [2.24, 2.45) is 23.2 Å². The summed E-state index contributed by atoms with van der Waals surface area (Å²) in [6, 6.07) is 4.38. The van der Waals surface area contributed by atoms with Crippen molar-refractivity contribution in [3.8, 4) is 11.5 Å². The molecule has 5 nitrogen and oxygen atoms in total. The highest BCUT2D eigenvalue weighted by Gasteiger charge is 2.53. The molecule has 5 heteroatoms. The minimum Gasteiger partial charge on any atom is -0.461 e. The number of hydrogen-bond acceptors (Lipinski definition) is 5. The van der Waals surface area contributed by atoms with Crippen LogP contribution in [0.3, 0.4) is 0 Å². The van der Waals surface area contributed by atoms with Crippen molar-refractivity contribution in [3.05, 3.63) is 23.3 Å². The Morgan fingerprint density at radius 1 is 1.08 bits per heavy atom. The molecule has 0 amide bonds. The first-order valence-electron chi connectivity index (χ1n) is 14.8. The Bertz CT molecular complexity index is 910. The van der Waals surface area contributed by atoms with Crippen LogP contribution in [0.1, 0.15) is 108 Å². The van der Waals surface area contributed by atoms with Gasteiger partial charge in [0.05, 0.1) is 6.61 Å². The maximum absolute atomic E-state index is 12.0. The fraction of sp³-hybridized carbons (Fsp3) is 0.774. The van der Waals surface area contributed by atoms with Crippen LogP contribution in [0.4, 0.5) is 0 Å². The van der Waals surface area contributed by atoms with Gasteiger partial charge in [-0.25, -0.2) is 0 Å². The Morgan fingerprint density at radius 3 is 2.75 bits per heavy atom. The number of fused-ring (bicyclic) bond motifs is 5. The van der Waals surface area contributed by atoms with E-state index < -0.39 is 0 Å². The molecule has 200 valence electrons. The fourth-order valence-electron chi connectivity index (χ4n) is 8.22. The molecule has 3 aliphatic carbocycles. The van der Waals surface area contributed by atoms with Crippen molar-refractivity contribution in [2.45, 2.75) is 110 Å². The fourth-order valence-corrected chi connectivity index (χ4v) is 8.22. The quantitative estimate of drug-likeness (QED) is 0.232. The lowest BCUT2D eigenvalue weighted by molar-refractivity contribution is -0.132. The Kier molecular flexibility index (Phi) is 8.27. The van der Waals surface area contributed by atoms with Crippen molar-refractivity contribution in [1.29, 1.82) is 0 Å². The van der Waals surface area contributed by atoms with Gasteiger partial charge in [-0.1, -0.05) is 26.2 Å². The number of hydrogen-bond donors (Lipinski definition) is 1. The van der Waals surface area contributed by atoms with Crippen molar-refractivity contribution in [2.75, 3.05) is 20.2 Å². The van der Waals surface area contributed by atoms with Gasteiger partial charge >= 0.3 is 5.97 Å². The zero-order valence-corrected chi connectivity index (χ0v) is 22.8. The highest BCUT2D eigenvalue weighted by atomic mass is 16.7. The summed E-state index contributed by atoms with van der Waals surface area (Å²) in [6.07, 6.45) is 15.9. The lowest BCUT2D eigenvalue weighted by atomic mass is 9.52. The Morgan fingerprint density at radius 2 is 1.97 bits per heavy atom. The minimum absolute atomic E-state index is 0.251. The molecule has 0 spiro atoms. The first-order valence-corrected chi connectivity index (χ1v) is 14.8. The molecule has 36 heavy (non-hydrogen) atoms. The molecule has 1 aromatic rings. The summed E-state index contributed by atoms with van der Waals surface area (Å²) in [7, 11) is 2.05. The van der Waals surface area contributed by atoms with E-state index in [2.05, 4.69) is 24.4 Å². The summed E-state index contributed by atoms with van der Waals surface area (Å²) in [5.41, 5.74) is 3.36. The van der Waals surface area contributed by atoms with Crippen molar-refractivity contribution in [3.63, 3.8) is 0 Å². The van der Waals surface area contributed by atoms with E-state index in [1.165, 1.54) is 75.8 Å². The molecule has 0 radical (unpaired) electrons. The van der Waals surface area contributed by atoms with E-state index >= 15 is 0 Å². The highest BCUT2D eigenvalue weighted by Crippen LogP contribution is 2.63. The Labute approximate surface area is 218 Å². The topological polar surface area (TPSA) is 56.8 Å². The predicted molar refractivity (Wildman–Crippen MR) is 142 cm³/mol. The molecule has 4 aliphatic rings. The van der Waals surface area contributed by atoms with Gasteiger partial charge in [0.2, 0.25) is 0 Å². The van der Waals surface area contributed by atoms with E-state index in [-0.39, 0.29) is 12.3 Å². The molecule has 2 saturated carbocycles. The van der Waals surface area contributed by atoms with E-state index in [1.54, 1.807) is 0 Å². The third-order valence-corrected chi connectivity index (χ3v) is 9.90. The van der Waals surface area contributed by atoms with Gasteiger partial charge in [-0.3, -0.25) is 4.79 Å². The summed E-state index contributed by atoms with van der Waals surface area (Å²) >= 11 is 0. The first kappa shape index (κ1) is 26.0. The maximum Gasteiger partial charge on any atom is 0.308 e. The second-order valence-electron chi connectivity index (χ2n) is 12.3. The summed E-state index contributed by atoms with van der Waals surface area (Å²) in [5.74, 6) is 3.86. The number of ether oxygens (including phenoxy) is 3. The van der Waals surface area contributed by atoms with Crippen LogP contribution >= 0.6 is 0 Å². The van der Waals surface area contributed by atoms with Crippen LogP contribution in [0.2, 0.25) is 0 Å².